The summed E-state index contributed by atoms with van der Waals surface area (Å²) < 4.78 is 32.9. The highest BCUT2D eigenvalue weighted by Gasteiger charge is 2.40. The number of aliphatic imine (C=N–C) groups is 1. The predicted molar refractivity (Wildman–Crippen MR) is 169 cm³/mol. The van der Waals surface area contributed by atoms with Crippen molar-refractivity contribution < 1.29 is 32.5 Å². The molecule has 0 bridgehead atoms. The zero-order valence-electron chi connectivity index (χ0n) is 25.1. The molecule has 17 heteroatoms. The van der Waals surface area contributed by atoms with E-state index < -0.39 is 68.8 Å². The Hall–Kier alpha value is -6.10. The normalized spacial score (nSPS) is 16.1. The molecule has 3 heterocycles. The first-order valence-electron chi connectivity index (χ1n) is 14.6. The Morgan fingerprint density at radius 1 is 1.00 bits per heavy atom. The van der Waals surface area contributed by atoms with Crippen molar-refractivity contribution >= 4 is 45.8 Å². The Morgan fingerprint density at radius 3 is 2.29 bits per heavy atom. The summed E-state index contributed by atoms with van der Waals surface area (Å²) >= 11 is 0. The average Bonchev–Trinajstić information content (AvgIpc) is 3.58. The summed E-state index contributed by atoms with van der Waals surface area (Å²) in [4.78, 5) is 63.8. The second-order valence-corrected chi connectivity index (χ2v) is 12.5. The number of hydrogen-bond donors (Lipinski definition) is 2. The van der Waals surface area contributed by atoms with Gasteiger partial charge in [-0.15, -0.1) is 0 Å². The van der Waals surface area contributed by atoms with Crippen LogP contribution < -0.4 is 5.32 Å². The van der Waals surface area contributed by atoms with E-state index in [2.05, 4.69) is 20.3 Å². The van der Waals surface area contributed by atoms with Gasteiger partial charge in [-0.1, -0.05) is 72.8 Å². The number of alkyl carbamates (subject to hydrolysis) is 1. The van der Waals surface area contributed by atoms with Gasteiger partial charge in [0, 0.05) is 12.6 Å². The van der Waals surface area contributed by atoms with Crippen molar-refractivity contribution in [1.29, 1.82) is 0 Å². The summed E-state index contributed by atoms with van der Waals surface area (Å²) in [6.07, 6.45) is 0.187. The van der Waals surface area contributed by atoms with Crippen LogP contribution in [0, 0.1) is 10.1 Å². The largest absolute Gasteiger partial charge is 0.436 e. The fourth-order valence-electron chi connectivity index (χ4n) is 5.40. The molecule has 246 valence electrons. The van der Waals surface area contributed by atoms with Crippen LogP contribution in [0.15, 0.2) is 101 Å². The molecule has 1 saturated heterocycles. The number of nitro groups is 1. The van der Waals surface area contributed by atoms with Crippen LogP contribution >= 0.6 is 0 Å². The molecule has 16 nitrogen and oxygen atoms in total. The third-order valence-electron chi connectivity index (χ3n) is 7.74. The minimum atomic E-state index is -4.56. The van der Waals surface area contributed by atoms with Crippen LogP contribution in [0.2, 0.25) is 0 Å². The van der Waals surface area contributed by atoms with Gasteiger partial charge >= 0.3 is 6.09 Å². The van der Waals surface area contributed by atoms with E-state index in [1.165, 1.54) is 29.7 Å². The zero-order valence-corrected chi connectivity index (χ0v) is 25.9. The minimum absolute atomic E-state index is 0.168. The monoisotopic (exact) mass is 672 g/mol. The molecule has 1 atom stereocenters. The Labute approximate surface area is 273 Å². The van der Waals surface area contributed by atoms with Gasteiger partial charge in [-0.3, -0.25) is 25.0 Å². The second-order valence-electron chi connectivity index (χ2n) is 10.7. The van der Waals surface area contributed by atoms with Gasteiger partial charge in [0.25, 0.3) is 21.6 Å². The van der Waals surface area contributed by atoms with E-state index in [0.29, 0.717) is 15.8 Å². The molecule has 3 amide bonds. The number of H-pyrrole nitrogens is 1. The van der Waals surface area contributed by atoms with Crippen molar-refractivity contribution in [2.24, 2.45) is 4.99 Å². The number of carbonyl (C=O) groups is 3. The summed E-state index contributed by atoms with van der Waals surface area (Å²) in [5.41, 5.74) is 1.13. The summed E-state index contributed by atoms with van der Waals surface area (Å²) in [6, 6.07) is 23.1. The summed E-state index contributed by atoms with van der Waals surface area (Å²) in [5.74, 6) is -1.14. The SMILES string of the molecule is O=C(NC1c2nc[nH]c2N=CN1CC(=O)N1CCN(S(=O)(=O)c2ccccc2[N+](=O)[O-])C(=O)C1)OC(c1ccccc1)c1ccccc1. The highest BCUT2D eigenvalue weighted by molar-refractivity contribution is 7.89. The number of fused-ring (bicyclic) bond motifs is 1. The lowest BCUT2D eigenvalue weighted by molar-refractivity contribution is -0.387. The van der Waals surface area contributed by atoms with Crippen LogP contribution in [-0.4, -0.2) is 87.8 Å². The molecule has 0 aliphatic carbocycles. The Balaban J connectivity index is 1.15. The van der Waals surface area contributed by atoms with E-state index in [4.69, 9.17) is 4.74 Å². The molecule has 48 heavy (non-hydrogen) atoms. The first-order chi connectivity index (χ1) is 23.1. The maximum Gasteiger partial charge on any atom is 0.410 e. The molecular formula is C31H28N8O8S. The number of aromatic nitrogens is 2. The number of ether oxygens (including phenoxy) is 1. The number of piperazine rings is 1. The first kappa shape index (κ1) is 31.9. The van der Waals surface area contributed by atoms with Gasteiger partial charge in [0.2, 0.25) is 5.91 Å². The molecule has 1 unspecified atom stereocenters. The molecule has 3 aromatic carbocycles. The molecule has 1 aromatic heterocycles. The maximum absolute atomic E-state index is 13.5. The first-order valence-corrected chi connectivity index (χ1v) is 16.0. The van der Waals surface area contributed by atoms with Crippen molar-refractivity contribution in [1.82, 2.24) is 29.4 Å². The van der Waals surface area contributed by atoms with Gasteiger partial charge in [-0.25, -0.2) is 27.5 Å². The van der Waals surface area contributed by atoms with Gasteiger partial charge in [-0.05, 0) is 17.2 Å². The van der Waals surface area contributed by atoms with Crippen molar-refractivity contribution in [3.05, 3.63) is 118 Å². The number of aromatic amines is 1. The molecular weight excluding hydrogens is 644 g/mol. The summed E-state index contributed by atoms with van der Waals surface area (Å²) in [5, 5.41) is 14.2. The second kappa shape index (κ2) is 13.3. The number of hydrogen-bond acceptors (Lipinski definition) is 11. The third kappa shape index (κ3) is 6.43. The highest BCUT2D eigenvalue weighted by Crippen LogP contribution is 2.31. The Bertz CT molecular complexity index is 1950. The van der Waals surface area contributed by atoms with Crippen LogP contribution in [0.3, 0.4) is 0 Å². The minimum Gasteiger partial charge on any atom is -0.436 e. The molecule has 0 radical (unpaired) electrons. The summed E-state index contributed by atoms with van der Waals surface area (Å²) in [6.45, 7) is -1.54. The number of imidazole rings is 1. The highest BCUT2D eigenvalue weighted by atomic mass is 32.2. The number of carbonyl (C=O) groups excluding carboxylic acids is 3. The van der Waals surface area contributed by atoms with Gasteiger partial charge in [0.1, 0.15) is 18.8 Å². The number of benzene rings is 3. The van der Waals surface area contributed by atoms with Crippen LogP contribution in [0.5, 0.6) is 0 Å². The van der Waals surface area contributed by atoms with Gasteiger partial charge < -0.3 is 19.5 Å². The van der Waals surface area contributed by atoms with Crippen LogP contribution in [-0.2, 0) is 24.3 Å². The van der Waals surface area contributed by atoms with Gasteiger partial charge in [0.05, 0.1) is 24.1 Å². The van der Waals surface area contributed by atoms with E-state index in [1.54, 1.807) is 0 Å². The zero-order chi connectivity index (χ0) is 33.8. The van der Waals surface area contributed by atoms with E-state index in [9.17, 15) is 32.9 Å². The molecule has 2 aliphatic rings. The Kier molecular flexibility index (Phi) is 8.85. The van der Waals surface area contributed by atoms with Crippen molar-refractivity contribution in [2.75, 3.05) is 26.2 Å². The Morgan fingerprint density at radius 2 is 1.65 bits per heavy atom. The number of sulfonamides is 1. The lowest BCUT2D eigenvalue weighted by Gasteiger charge is -2.36. The van der Waals surface area contributed by atoms with E-state index in [-0.39, 0.29) is 13.1 Å². The maximum atomic E-state index is 13.5. The van der Waals surface area contributed by atoms with Crippen molar-refractivity contribution in [3.63, 3.8) is 0 Å². The topological polar surface area (TPSA) is 201 Å². The molecule has 1 fully saturated rings. The number of nitrogens with one attached hydrogen (secondary N) is 2. The van der Waals surface area contributed by atoms with Crippen LogP contribution in [0.1, 0.15) is 29.1 Å². The number of nitro benzene ring substituents is 1. The lowest BCUT2D eigenvalue weighted by Crippen LogP contribution is -2.56. The number of para-hydroxylation sites is 1. The predicted octanol–water partition coefficient (Wildman–Crippen LogP) is 2.87. The van der Waals surface area contributed by atoms with E-state index in [1.807, 2.05) is 60.7 Å². The lowest BCUT2D eigenvalue weighted by atomic mass is 10.0. The smallest absolute Gasteiger partial charge is 0.410 e. The fraction of sp³-hybridized carbons (Fsp3) is 0.194. The average molecular weight is 673 g/mol. The third-order valence-corrected chi connectivity index (χ3v) is 9.60. The molecule has 2 N–H and O–H groups in total. The molecule has 2 aliphatic heterocycles. The molecule has 0 saturated carbocycles. The number of amides is 3. The molecule has 0 spiro atoms. The number of nitrogens with zero attached hydrogens (tertiary/aromatic N) is 6. The van der Waals surface area contributed by atoms with Gasteiger partial charge in [0.15, 0.2) is 23.0 Å². The standard InChI is InChI=1S/C31H28N8O8S/c40-25(36-15-16-38(26(41)18-36)48(45,46)24-14-8-7-13-23(24)39(43)44)17-37-20-34-29-27(32-19-33-29)30(37)35-31(42)47-28(21-9-3-1-4-10-21)22-11-5-2-6-12-22/h1-14,19-20,28,30H,15-18H2,(H,32,33)(H,35,42). The van der Waals surface area contributed by atoms with Crippen LogP contribution in [0.25, 0.3) is 0 Å². The number of rotatable bonds is 9. The summed E-state index contributed by atoms with van der Waals surface area (Å²) in [7, 11) is -4.56. The fourth-order valence-corrected chi connectivity index (χ4v) is 6.95. The van der Waals surface area contributed by atoms with Crippen molar-refractivity contribution in [2.45, 2.75) is 17.2 Å². The van der Waals surface area contributed by atoms with Gasteiger partial charge in [-0.2, -0.15) is 0 Å². The quantitative estimate of drug-likeness (QED) is 0.197. The van der Waals surface area contributed by atoms with E-state index in [0.717, 1.165) is 28.2 Å². The van der Waals surface area contributed by atoms with Crippen molar-refractivity contribution in [3.8, 4) is 0 Å². The van der Waals surface area contributed by atoms with Crippen LogP contribution in [0.4, 0.5) is 16.3 Å². The molecule has 4 aromatic rings. The van der Waals surface area contributed by atoms with E-state index >= 15 is 0 Å². The molecule has 6 rings (SSSR count).